The van der Waals surface area contributed by atoms with E-state index in [0.717, 1.165) is 35.2 Å². The van der Waals surface area contributed by atoms with E-state index in [1.165, 1.54) is 6.07 Å². The molecule has 2 N–H and O–H groups in total. The number of halogens is 2. The lowest BCUT2D eigenvalue weighted by atomic mass is 9.90. The Hall–Kier alpha value is -0.610. The third-order valence-electron chi connectivity index (χ3n) is 3.30. The molecule has 0 radical (unpaired) electrons. The highest BCUT2D eigenvalue weighted by Crippen LogP contribution is 2.42. The molecule has 2 atom stereocenters. The van der Waals surface area contributed by atoms with Gasteiger partial charge in [0.15, 0.2) is 0 Å². The number of fused-ring (bicyclic) bond motifs is 3. The Kier molecular flexibility index (Phi) is 2.21. The quantitative estimate of drug-likeness (QED) is 0.757. The molecule has 0 saturated carbocycles. The molecule has 3 rings (SSSR count). The zero-order valence-corrected chi connectivity index (χ0v) is 9.77. The van der Waals surface area contributed by atoms with E-state index < -0.39 is 0 Å². The lowest BCUT2D eigenvalue weighted by molar-refractivity contribution is 0.439. The van der Waals surface area contributed by atoms with Crippen LogP contribution in [-0.4, -0.2) is 19.1 Å². The average Bonchev–Trinajstić information content (AvgIpc) is 2.57. The maximum atomic E-state index is 13.3. The van der Waals surface area contributed by atoms with E-state index in [2.05, 4.69) is 26.6 Å². The minimum atomic E-state index is -0.159. The summed E-state index contributed by atoms with van der Waals surface area (Å²) in [7, 11) is 0. The van der Waals surface area contributed by atoms with Crippen molar-refractivity contribution >= 4 is 21.6 Å². The summed E-state index contributed by atoms with van der Waals surface area (Å²) >= 11 is 3.41. The van der Waals surface area contributed by atoms with Crippen molar-refractivity contribution in [1.82, 2.24) is 5.32 Å². The number of hydrogen-bond donors (Lipinski definition) is 2. The molecule has 1 saturated heterocycles. The fraction of sp³-hybridized carbons (Fsp3) is 0.455. The number of anilines is 1. The second-order valence-electron chi connectivity index (χ2n) is 4.20. The average molecular weight is 271 g/mol. The van der Waals surface area contributed by atoms with Gasteiger partial charge >= 0.3 is 0 Å². The van der Waals surface area contributed by atoms with Crippen LogP contribution in [0.2, 0.25) is 0 Å². The molecule has 0 amide bonds. The van der Waals surface area contributed by atoms with Crippen LogP contribution in [0.5, 0.6) is 0 Å². The molecule has 0 aliphatic carbocycles. The first kappa shape index (κ1) is 9.60. The normalized spacial score (nSPS) is 28.1. The molecule has 0 bridgehead atoms. The van der Waals surface area contributed by atoms with Crippen molar-refractivity contribution in [1.29, 1.82) is 0 Å². The fourth-order valence-corrected chi connectivity index (χ4v) is 3.14. The van der Waals surface area contributed by atoms with Crippen molar-refractivity contribution in [3.63, 3.8) is 0 Å². The summed E-state index contributed by atoms with van der Waals surface area (Å²) < 4.78 is 14.1. The van der Waals surface area contributed by atoms with E-state index in [9.17, 15) is 4.39 Å². The van der Waals surface area contributed by atoms with Crippen molar-refractivity contribution in [3.05, 3.63) is 28.0 Å². The second kappa shape index (κ2) is 3.46. The summed E-state index contributed by atoms with van der Waals surface area (Å²) in [6.07, 6.45) is 1.10. The molecule has 2 nitrogen and oxygen atoms in total. The van der Waals surface area contributed by atoms with Crippen LogP contribution in [0.15, 0.2) is 16.6 Å². The smallest absolute Gasteiger partial charge is 0.124 e. The van der Waals surface area contributed by atoms with Gasteiger partial charge in [-0.3, -0.25) is 0 Å². The predicted molar refractivity (Wildman–Crippen MR) is 61.7 cm³/mol. The van der Waals surface area contributed by atoms with Crippen molar-refractivity contribution in [2.75, 3.05) is 18.4 Å². The fourth-order valence-electron chi connectivity index (χ4n) is 2.58. The van der Waals surface area contributed by atoms with Crippen LogP contribution in [0, 0.1) is 5.82 Å². The van der Waals surface area contributed by atoms with E-state index in [1.54, 1.807) is 6.07 Å². The molecule has 4 heteroatoms. The molecule has 2 aliphatic rings. The molecule has 15 heavy (non-hydrogen) atoms. The van der Waals surface area contributed by atoms with Crippen LogP contribution in [0.4, 0.5) is 10.1 Å². The molecule has 2 unspecified atom stereocenters. The molecule has 0 aromatic heterocycles. The number of piperidine rings is 1. The molecule has 0 spiro atoms. The Bertz CT molecular complexity index is 408. The summed E-state index contributed by atoms with van der Waals surface area (Å²) in [5, 5.41) is 6.84. The van der Waals surface area contributed by atoms with Gasteiger partial charge in [0, 0.05) is 23.0 Å². The van der Waals surface area contributed by atoms with Gasteiger partial charge in [0.2, 0.25) is 0 Å². The van der Waals surface area contributed by atoms with Crippen LogP contribution in [-0.2, 0) is 0 Å². The highest BCUT2D eigenvalue weighted by atomic mass is 79.9. The predicted octanol–water partition coefficient (Wildman–Crippen LogP) is 2.46. The standard InChI is InChI=1S/C11H12BrFN2/c12-9-4-6(13)3-7-8-5-14-2-1-10(8)15-11(7)9/h3-4,8,10,14-15H,1-2,5H2. The van der Waals surface area contributed by atoms with Gasteiger partial charge in [-0.05, 0) is 46.6 Å². The summed E-state index contributed by atoms with van der Waals surface area (Å²) in [4.78, 5) is 0. The van der Waals surface area contributed by atoms with Gasteiger partial charge in [0.25, 0.3) is 0 Å². The summed E-state index contributed by atoms with van der Waals surface area (Å²) in [6.45, 7) is 1.99. The van der Waals surface area contributed by atoms with Crippen LogP contribution in [0.3, 0.4) is 0 Å². The van der Waals surface area contributed by atoms with Crippen LogP contribution in [0.25, 0.3) is 0 Å². The SMILES string of the molecule is Fc1cc(Br)c2c(c1)C1CNCCC1N2. The maximum Gasteiger partial charge on any atom is 0.124 e. The second-order valence-corrected chi connectivity index (χ2v) is 5.06. The van der Waals surface area contributed by atoms with E-state index in [1.807, 2.05) is 0 Å². The topological polar surface area (TPSA) is 24.1 Å². The lowest BCUT2D eigenvalue weighted by Gasteiger charge is -2.26. The Morgan fingerprint density at radius 3 is 3.13 bits per heavy atom. The van der Waals surface area contributed by atoms with Gasteiger partial charge in [-0.25, -0.2) is 4.39 Å². The van der Waals surface area contributed by atoms with Gasteiger partial charge in [0.1, 0.15) is 5.82 Å². The molecule has 1 fully saturated rings. The van der Waals surface area contributed by atoms with Crippen LogP contribution < -0.4 is 10.6 Å². The third kappa shape index (κ3) is 1.47. The first-order chi connectivity index (χ1) is 7.25. The molecular formula is C11H12BrFN2. The minimum Gasteiger partial charge on any atom is -0.380 e. The Morgan fingerprint density at radius 1 is 1.40 bits per heavy atom. The third-order valence-corrected chi connectivity index (χ3v) is 3.92. The Labute approximate surface area is 96.4 Å². The molecule has 1 aromatic carbocycles. The van der Waals surface area contributed by atoms with Gasteiger partial charge in [0.05, 0.1) is 5.69 Å². The van der Waals surface area contributed by atoms with E-state index in [4.69, 9.17) is 0 Å². The van der Waals surface area contributed by atoms with E-state index in [-0.39, 0.29) is 5.82 Å². The first-order valence-electron chi connectivity index (χ1n) is 5.22. The van der Waals surface area contributed by atoms with E-state index in [0.29, 0.717) is 12.0 Å². The van der Waals surface area contributed by atoms with Crippen molar-refractivity contribution in [2.45, 2.75) is 18.4 Å². The summed E-state index contributed by atoms with van der Waals surface area (Å²) in [5.41, 5.74) is 2.19. The van der Waals surface area contributed by atoms with Crippen molar-refractivity contribution < 1.29 is 4.39 Å². The number of nitrogens with one attached hydrogen (secondary N) is 2. The maximum absolute atomic E-state index is 13.3. The van der Waals surface area contributed by atoms with Gasteiger partial charge in [-0.1, -0.05) is 0 Å². The van der Waals surface area contributed by atoms with Gasteiger partial charge in [-0.2, -0.15) is 0 Å². The zero-order valence-electron chi connectivity index (χ0n) is 8.19. The number of benzene rings is 1. The number of hydrogen-bond acceptors (Lipinski definition) is 2. The molecular weight excluding hydrogens is 259 g/mol. The largest absolute Gasteiger partial charge is 0.380 e. The highest BCUT2D eigenvalue weighted by Gasteiger charge is 2.35. The number of rotatable bonds is 0. The molecule has 1 aromatic rings. The van der Waals surface area contributed by atoms with Crippen molar-refractivity contribution in [3.8, 4) is 0 Å². The first-order valence-corrected chi connectivity index (χ1v) is 6.01. The Morgan fingerprint density at radius 2 is 2.27 bits per heavy atom. The highest BCUT2D eigenvalue weighted by molar-refractivity contribution is 9.10. The molecule has 80 valence electrons. The lowest BCUT2D eigenvalue weighted by Crippen LogP contribution is -2.38. The van der Waals surface area contributed by atoms with Crippen molar-refractivity contribution in [2.24, 2.45) is 0 Å². The summed E-state index contributed by atoms with van der Waals surface area (Å²) in [5.74, 6) is 0.259. The zero-order chi connectivity index (χ0) is 10.4. The molecule has 2 aliphatic heterocycles. The minimum absolute atomic E-state index is 0.159. The summed E-state index contributed by atoms with van der Waals surface area (Å²) in [6, 6.07) is 3.65. The van der Waals surface area contributed by atoms with Crippen LogP contribution >= 0.6 is 15.9 Å². The monoisotopic (exact) mass is 270 g/mol. The molecule has 2 heterocycles. The van der Waals surface area contributed by atoms with Gasteiger partial charge < -0.3 is 10.6 Å². The van der Waals surface area contributed by atoms with Crippen LogP contribution in [0.1, 0.15) is 17.9 Å². The Balaban J connectivity index is 2.08. The van der Waals surface area contributed by atoms with E-state index >= 15 is 0 Å². The van der Waals surface area contributed by atoms with Gasteiger partial charge in [-0.15, -0.1) is 0 Å².